The molecule has 0 aliphatic heterocycles. The van der Waals surface area contributed by atoms with Crippen molar-refractivity contribution in [3.05, 3.63) is 47.5 Å². The molecule has 0 spiro atoms. The molecule has 0 aliphatic rings. The smallest absolute Gasteiger partial charge is 0.332 e. The van der Waals surface area contributed by atoms with Crippen LogP contribution in [0, 0.1) is 11.3 Å². The lowest BCUT2D eigenvalue weighted by atomic mass is 9.76. The Bertz CT molecular complexity index is 966. The highest BCUT2D eigenvalue weighted by Gasteiger charge is 2.41. The van der Waals surface area contributed by atoms with Crippen LogP contribution in [0.2, 0.25) is 0 Å². The third-order valence-electron chi connectivity index (χ3n) is 6.98. The van der Waals surface area contributed by atoms with Gasteiger partial charge in [0.15, 0.2) is 0 Å². The molecule has 2 amide bonds. The van der Waals surface area contributed by atoms with Crippen molar-refractivity contribution in [3.8, 4) is 0 Å². The number of hydrogen-bond acceptors (Lipinski definition) is 6. The van der Waals surface area contributed by atoms with Gasteiger partial charge in [-0.15, -0.1) is 0 Å². The van der Waals surface area contributed by atoms with Gasteiger partial charge in [-0.25, -0.2) is 4.79 Å². The van der Waals surface area contributed by atoms with Crippen LogP contribution in [0.5, 0.6) is 0 Å². The van der Waals surface area contributed by atoms with E-state index in [1.807, 2.05) is 91.8 Å². The Morgan fingerprint density at radius 1 is 1.00 bits per heavy atom. The lowest BCUT2D eigenvalue weighted by molar-refractivity contribution is -0.148. The Morgan fingerprint density at radius 2 is 1.59 bits per heavy atom. The molecule has 0 aromatic heterocycles. The fourth-order valence-corrected chi connectivity index (χ4v) is 4.67. The van der Waals surface area contributed by atoms with E-state index >= 15 is 0 Å². The standard InChI is InChI=1S/C31H51N3O5/c1-12-39-25(35)20-38-19-22(4)18-24(21(2)3)34(11)29(37)27(30(5,6)7)33-28(36)26(32-10)31(8,9)23-16-14-13-15-17-23/h13-18,21,24,26-27,32H,12,19-20H2,1-11H3,(H,33,36)/b22-18+. The Labute approximate surface area is 235 Å². The highest BCUT2D eigenvalue weighted by Crippen LogP contribution is 2.29. The van der Waals surface area contributed by atoms with Crippen LogP contribution >= 0.6 is 0 Å². The summed E-state index contributed by atoms with van der Waals surface area (Å²) in [6.45, 7) is 18.1. The van der Waals surface area contributed by atoms with Gasteiger partial charge in [0.25, 0.3) is 0 Å². The largest absolute Gasteiger partial charge is 0.464 e. The summed E-state index contributed by atoms with van der Waals surface area (Å²) in [6.07, 6.45) is 1.99. The zero-order valence-electron chi connectivity index (χ0n) is 25.9. The van der Waals surface area contributed by atoms with E-state index in [1.54, 1.807) is 25.9 Å². The monoisotopic (exact) mass is 545 g/mol. The Balaban J connectivity index is 3.14. The summed E-state index contributed by atoms with van der Waals surface area (Å²) in [4.78, 5) is 40.9. The van der Waals surface area contributed by atoms with Crippen molar-refractivity contribution >= 4 is 17.8 Å². The molecular weight excluding hydrogens is 494 g/mol. The lowest BCUT2D eigenvalue weighted by Crippen LogP contribution is -2.61. The third kappa shape index (κ3) is 10.1. The van der Waals surface area contributed by atoms with Crippen molar-refractivity contribution in [1.82, 2.24) is 15.5 Å². The molecule has 8 heteroatoms. The normalized spacial score (nSPS) is 14.9. The van der Waals surface area contributed by atoms with Gasteiger partial charge < -0.3 is 25.0 Å². The lowest BCUT2D eigenvalue weighted by Gasteiger charge is -2.40. The summed E-state index contributed by atoms with van der Waals surface area (Å²) in [6, 6.07) is 8.36. The molecule has 220 valence electrons. The maximum Gasteiger partial charge on any atom is 0.332 e. The van der Waals surface area contributed by atoms with Gasteiger partial charge in [0.05, 0.1) is 25.3 Å². The first-order chi connectivity index (χ1) is 18.1. The van der Waals surface area contributed by atoms with E-state index in [1.165, 1.54) is 0 Å². The highest BCUT2D eigenvalue weighted by atomic mass is 16.6. The van der Waals surface area contributed by atoms with Crippen LogP contribution in [-0.2, 0) is 29.3 Å². The Morgan fingerprint density at radius 3 is 2.08 bits per heavy atom. The van der Waals surface area contributed by atoms with Gasteiger partial charge in [-0.3, -0.25) is 9.59 Å². The molecule has 0 saturated heterocycles. The number of nitrogens with zero attached hydrogens (tertiary/aromatic N) is 1. The highest BCUT2D eigenvalue weighted by molar-refractivity contribution is 5.91. The topological polar surface area (TPSA) is 97.0 Å². The van der Waals surface area contributed by atoms with Gasteiger partial charge >= 0.3 is 5.97 Å². The van der Waals surface area contributed by atoms with Crippen LogP contribution in [0.4, 0.5) is 0 Å². The minimum atomic E-state index is -0.743. The van der Waals surface area contributed by atoms with Crippen molar-refractivity contribution in [2.45, 2.75) is 85.9 Å². The quantitative estimate of drug-likeness (QED) is 0.270. The van der Waals surface area contributed by atoms with Crippen LogP contribution in [0.25, 0.3) is 0 Å². The maximum absolute atomic E-state index is 13.9. The molecule has 0 aliphatic carbocycles. The third-order valence-corrected chi connectivity index (χ3v) is 6.98. The molecule has 0 heterocycles. The number of rotatable bonds is 14. The summed E-state index contributed by atoms with van der Waals surface area (Å²) in [5, 5.41) is 6.26. The van der Waals surface area contributed by atoms with E-state index < -0.39 is 28.9 Å². The summed E-state index contributed by atoms with van der Waals surface area (Å²) in [5.41, 5.74) is 0.885. The first-order valence-corrected chi connectivity index (χ1v) is 13.8. The molecule has 3 atom stereocenters. The molecule has 0 bridgehead atoms. The van der Waals surface area contributed by atoms with Gasteiger partial charge in [0, 0.05) is 12.5 Å². The van der Waals surface area contributed by atoms with Gasteiger partial charge in [0.1, 0.15) is 12.6 Å². The average Bonchev–Trinajstić information content (AvgIpc) is 2.85. The van der Waals surface area contributed by atoms with Crippen molar-refractivity contribution in [1.29, 1.82) is 0 Å². The average molecular weight is 546 g/mol. The number of amides is 2. The summed E-state index contributed by atoms with van der Waals surface area (Å²) >= 11 is 0. The van der Waals surface area contributed by atoms with Gasteiger partial charge in [-0.05, 0) is 43.4 Å². The predicted molar refractivity (Wildman–Crippen MR) is 156 cm³/mol. The molecule has 8 nitrogen and oxygen atoms in total. The van der Waals surface area contributed by atoms with Crippen molar-refractivity contribution in [3.63, 3.8) is 0 Å². The molecule has 2 N–H and O–H groups in total. The van der Waals surface area contributed by atoms with E-state index in [0.717, 1.165) is 11.1 Å². The zero-order valence-corrected chi connectivity index (χ0v) is 25.9. The van der Waals surface area contributed by atoms with Crippen LogP contribution in [-0.4, -0.2) is 74.7 Å². The van der Waals surface area contributed by atoms with Crippen molar-refractivity contribution in [2.24, 2.45) is 11.3 Å². The molecule has 0 radical (unpaired) electrons. The molecule has 0 fully saturated rings. The second-order valence-corrected chi connectivity index (χ2v) is 12.1. The minimum Gasteiger partial charge on any atom is -0.464 e. The van der Waals surface area contributed by atoms with Gasteiger partial charge in [0.2, 0.25) is 11.8 Å². The number of ether oxygens (including phenoxy) is 2. The molecule has 1 rings (SSSR count). The van der Waals surface area contributed by atoms with E-state index in [2.05, 4.69) is 10.6 Å². The number of likely N-dealkylation sites (N-methyl/N-ethyl adjacent to an activating group) is 2. The Hall–Kier alpha value is -2.71. The molecule has 1 aromatic rings. The SMILES string of the molecule is CCOC(=O)COC/C(C)=C/C(C(C)C)N(C)C(=O)C(NC(=O)C(NC)C(C)(C)c1ccccc1)C(C)(C)C. The van der Waals surface area contributed by atoms with E-state index in [-0.39, 0.29) is 37.0 Å². The Kier molecular flexibility index (Phi) is 13.4. The second-order valence-electron chi connectivity index (χ2n) is 12.1. The predicted octanol–water partition coefficient (Wildman–Crippen LogP) is 4.09. The van der Waals surface area contributed by atoms with Crippen LogP contribution < -0.4 is 10.6 Å². The van der Waals surface area contributed by atoms with Gasteiger partial charge in [-0.1, -0.05) is 84.9 Å². The zero-order chi connectivity index (χ0) is 30.0. The number of hydrogen-bond donors (Lipinski definition) is 2. The fourth-order valence-electron chi connectivity index (χ4n) is 4.67. The van der Waals surface area contributed by atoms with Crippen molar-refractivity contribution < 1.29 is 23.9 Å². The van der Waals surface area contributed by atoms with E-state index in [4.69, 9.17) is 9.47 Å². The number of carbonyl (C=O) groups excluding carboxylic acids is 3. The van der Waals surface area contributed by atoms with E-state index in [9.17, 15) is 14.4 Å². The summed E-state index contributed by atoms with van der Waals surface area (Å²) in [5.74, 6) is -0.693. The first-order valence-electron chi connectivity index (χ1n) is 13.8. The number of nitrogens with one attached hydrogen (secondary N) is 2. The maximum atomic E-state index is 13.9. The minimum absolute atomic E-state index is 0.109. The molecule has 1 aromatic carbocycles. The van der Waals surface area contributed by atoms with Crippen LogP contribution in [0.3, 0.4) is 0 Å². The number of carbonyl (C=O) groups is 3. The molecule has 3 unspecified atom stereocenters. The van der Waals surface area contributed by atoms with Gasteiger partial charge in [-0.2, -0.15) is 0 Å². The van der Waals surface area contributed by atoms with E-state index in [0.29, 0.717) is 6.61 Å². The summed E-state index contributed by atoms with van der Waals surface area (Å²) in [7, 11) is 3.53. The molecule has 39 heavy (non-hydrogen) atoms. The van der Waals surface area contributed by atoms with Crippen molar-refractivity contribution in [2.75, 3.05) is 33.9 Å². The molecule has 0 saturated carbocycles. The molecular formula is C31H51N3O5. The summed E-state index contributed by atoms with van der Waals surface area (Å²) < 4.78 is 10.4. The number of esters is 1. The van der Waals surface area contributed by atoms with Crippen LogP contribution in [0.1, 0.15) is 67.9 Å². The second kappa shape index (κ2) is 15.2. The number of benzene rings is 1. The first kappa shape index (κ1) is 34.3. The van der Waals surface area contributed by atoms with Crippen LogP contribution in [0.15, 0.2) is 42.0 Å². The fraction of sp³-hybridized carbons (Fsp3) is 0.645.